The van der Waals surface area contributed by atoms with Crippen molar-refractivity contribution in [2.24, 2.45) is 5.41 Å². The molecule has 1 rings (SSSR count). The molecule has 0 aromatic heterocycles. The Bertz CT molecular complexity index is 419. The highest BCUT2D eigenvalue weighted by molar-refractivity contribution is 5.86. The summed E-state index contributed by atoms with van der Waals surface area (Å²) in [4.78, 5) is 22.1. The zero-order valence-corrected chi connectivity index (χ0v) is 9.69. The minimum atomic E-state index is -0.469. The zero-order valence-electron chi connectivity index (χ0n) is 9.69. The molecule has 0 N–H and O–H groups in total. The second kappa shape index (κ2) is 4.43. The molecule has 0 unspecified atom stereocenters. The first-order chi connectivity index (χ1) is 7.32. The van der Waals surface area contributed by atoms with Gasteiger partial charge in [0.15, 0.2) is 0 Å². The monoisotopic (exact) mass is 221 g/mol. The van der Waals surface area contributed by atoms with Crippen molar-refractivity contribution in [3.63, 3.8) is 0 Å². The number of Topliss-reactive ketones (excluding diaryl/α,β-unsaturated/α-hetero) is 1. The quantitative estimate of drug-likeness (QED) is 0.582. The smallest absolute Gasteiger partial charge is 0.273 e. The Morgan fingerprint density at radius 1 is 1.31 bits per heavy atom. The van der Waals surface area contributed by atoms with Gasteiger partial charge in [0.05, 0.1) is 4.92 Å². The molecule has 0 bridgehead atoms. The fraction of sp³-hybridized carbons (Fsp3) is 0.417. The molecular formula is C12H15NO3. The Morgan fingerprint density at radius 2 is 1.88 bits per heavy atom. The van der Waals surface area contributed by atoms with Crippen molar-refractivity contribution in [1.82, 2.24) is 0 Å². The summed E-state index contributed by atoms with van der Waals surface area (Å²) < 4.78 is 0. The van der Waals surface area contributed by atoms with Crippen molar-refractivity contribution in [2.45, 2.75) is 27.2 Å². The third kappa shape index (κ3) is 2.89. The van der Waals surface area contributed by atoms with Gasteiger partial charge in [-0.15, -0.1) is 0 Å². The van der Waals surface area contributed by atoms with Crippen molar-refractivity contribution in [3.05, 3.63) is 39.9 Å². The highest BCUT2D eigenvalue weighted by atomic mass is 16.6. The van der Waals surface area contributed by atoms with E-state index in [1.165, 1.54) is 6.07 Å². The summed E-state index contributed by atoms with van der Waals surface area (Å²) in [5.41, 5.74) is 0.0245. The van der Waals surface area contributed by atoms with Gasteiger partial charge in [0.2, 0.25) is 0 Å². The summed E-state index contributed by atoms with van der Waals surface area (Å²) in [5.74, 6) is 0.00167. The van der Waals surface area contributed by atoms with Crippen molar-refractivity contribution < 1.29 is 9.72 Å². The molecule has 4 heteroatoms. The van der Waals surface area contributed by atoms with Gasteiger partial charge in [-0.2, -0.15) is 0 Å². The number of nitro groups is 1. The molecular weight excluding hydrogens is 206 g/mol. The van der Waals surface area contributed by atoms with E-state index in [1.54, 1.807) is 18.2 Å². The summed E-state index contributed by atoms with van der Waals surface area (Å²) in [6.07, 6.45) is 0.112. The molecule has 0 fully saturated rings. The van der Waals surface area contributed by atoms with E-state index in [-0.39, 0.29) is 17.9 Å². The average molecular weight is 221 g/mol. The number of para-hydroxylation sites is 1. The van der Waals surface area contributed by atoms with Crippen molar-refractivity contribution in [2.75, 3.05) is 0 Å². The maximum absolute atomic E-state index is 11.8. The third-order valence-corrected chi connectivity index (χ3v) is 2.38. The Labute approximate surface area is 94.4 Å². The molecule has 0 aliphatic carbocycles. The van der Waals surface area contributed by atoms with Crippen LogP contribution >= 0.6 is 0 Å². The summed E-state index contributed by atoms with van der Waals surface area (Å²) in [5, 5.41) is 10.7. The van der Waals surface area contributed by atoms with Crippen LogP contribution in [-0.4, -0.2) is 10.7 Å². The first-order valence-electron chi connectivity index (χ1n) is 5.08. The molecule has 1 aromatic carbocycles. The van der Waals surface area contributed by atoms with Crippen LogP contribution in [0.15, 0.2) is 24.3 Å². The second-order valence-corrected chi connectivity index (χ2v) is 4.74. The average Bonchev–Trinajstić information content (AvgIpc) is 2.16. The van der Waals surface area contributed by atoms with Gasteiger partial charge in [-0.3, -0.25) is 14.9 Å². The lowest BCUT2D eigenvalue weighted by Crippen LogP contribution is -2.22. The number of nitro benzene ring substituents is 1. The van der Waals surface area contributed by atoms with E-state index in [0.29, 0.717) is 5.56 Å². The molecule has 4 nitrogen and oxygen atoms in total. The zero-order chi connectivity index (χ0) is 12.3. The van der Waals surface area contributed by atoms with E-state index in [2.05, 4.69) is 0 Å². The summed E-state index contributed by atoms with van der Waals surface area (Å²) in [6, 6.07) is 6.36. The van der Waals surface area contributed by atoms with Gasteiger partial charge >= 0.3 is 0 Å². The van der Waals surface area contributed by atoms with Gasteiger partial charge in [0.25, 0.3) is 5.69 Å². The summed E-state index contributed by atoms with van der Waals surface area (Å²) in [7, 11) is 0. The Balaban J connectivity index is 2.98. The van der Waals surface area contributed by atoms with Crippen LogP contribution in [0.3, 0.4) is 0 Å². The molecule has 16 heavy (non-hydrogen) atoms. The number of rotatable bonds is 3. The van der Waals surface area contributed by atoms with Crippen molar-refractivity contribution >= 4 is 11.5 Å². The van der Waals surface area contributed by atoms with Crippen LogP contribution < -0.4 is 0 Å². The van der Waals surface area contributed by atoms with Crippen molar-refractivity contribution in [1.29, 1.82) is 0 Å². The van der Waals surface area contributed by atoms with Crippen LogP contribution in [0.5, 0.6) is 0 Å². The summed E-state index contributed by atoms with van der Waals surface area (Å²) in [6.45, 7) is 5.43. The first-order valence-corrected chi connectivity index (χ1v) is 5.08. The molecule has 0 aliphatic rings. The van der Waals surface area contributed by atoms with Gasteiger partial charge in [0, 0.05) is 23.5 Å². The van der Waals surface area contributed by atoms with Crippen molar-refractivity contribution in [3.8, 4) is 0 Å². The summed E-state index contributed by atoms with van der Waals surface area (Å²) >= 11 is 0. The fourth-order valence-corrected chi connectivity index (χ4v) is 1.28. The van der Waals surface area contributed by atoms with E-state index >= 15 is 0 Å². The Kier molecular flexibility index (Phi) is 3.42. The van der Waals surface area contributed by atoms with E-state index < -0.39 is 10.3 Å². The predicted molar refractivity (Wildman–Crippen MR) is 61.3 cm³/mol. The number of hydrogen-bond acceptors (Lipinski definition) is 3. The molecule has 0 amide bonds. The Morgan fingerprint density at radius 3 is 2.38 bits per heavy atom. The lowest BCUT2D eigenvalue weighted by Gasteiger charge is -2.16. The van der Waals surface area contributed by atoms with E-state index in [0.717, 1.165) is 0 Å². The predicted octanol–water partition coefficient (Wildman–Crippen LogP) is 2.75. The molecule has 0 heterocycles. The number of carbonyl (C=O) groups excluding carboxylic acids is 1. The number of hydrogen-bond donors (Lipinski definition) is 0. The molecule has 0 spiro atoms. The van der Waals surface area contributed by atoms with E-state index in [9.17, 15) is 14.9 Å². The molecule has 0 saturated carbocycles. The van der Waals surface area contributed by atoms with Gasteiger partial charge < -0.3 is 0 Å². The van der Waals surface area contributed by atoms with Crippen LogP contribution in [0.1, 0.15) is 26.3 Å². The van der Waals surface area contributed by atoms with Crippen LogP contribution in [0.25, 0.3) is 0 Å². The highest BCUT2D eigenvalue weighted by Crippen LogP contribution is 2.23. The van der Waals surface area contributed by atoms with Crippen LogP contribution in [0.4, 0.5) is 5.69 Å². The largest absolute Gasteiger partial charge is 0.299 e. The lowest BCUT2D eigenvalue weighted by atomic mass is 9.87. The van der Waals surface area contributed by atoms with Gasteiger partial charge in [-0.1, -0.05) is 39.0 Å². The molecule has 0 radical (unpaired) electrons. The van der Waals surface area contributed by atoms with Crippen LogP contribution in [-0.2, 0) is 11.2 Å². The number of benzene rings is 1. The number of nitrogens with zero attached hydrogens (tertiary/aromatic N) is 1. The Hall–Kier alpha value is -1.71. The lowest BCUT2D eigenvalue weighted by molar-refractivity contribution is -0.385. The van der Waals surface area contributed by atoms with Crippen LogP contribution in [0.2, 0.25) is 0 Å². The third-order valence-electron chi connectivity index (χ3n) is 2.38. The minimum Gasteiger partial charge on any atom is -0.299 e. The molecule has 0 saturated heterocycles. The molecule has 0 atom stereocenters. The molecule has 86 valence electrons. The number of carbonyl (C=O) groups is 1. The molecule has 0 aliphatic heterocycles. The van der Waals surface area contributed by atoms with Gasteiger partial charge in [0.1, 0.15) is 5.78 Å². The molecule has 1 aromatic rings. The van der Waals surface area contributed by atoms with E-state index in [1.807, 2.05) is 20.8 Å². The SMILES string of the molecule is CC(C)(C)C(=O)Cc1ccccc1[N+](=O)[O-]. The maximum atomic E-state index is 11.8. The standard InChI is InChI=1S/C12H15NO3/c1-12(2,3)11(14)8-9-6-4-5-7-10(9)13(15)16/h4-7H,8H2,1-3H3. The number of ketones is 1. The second-order valence-electron chi connectivity index (χ2n) is 4.74. The highest BCUT2D eigenvalue weighted by Gasteiger charge is 2.24. The first kappa shape index (κ1) is 12.4. The fourth-order valence-electron chi connectivity index (χ4n) is 1.28. The normalized spacial score (nSPS) is 11.2. The topological polar surface area (TPSA) is 60.2 Å². The minimum absolute atomic E-state index is 0.00167. The van der Waals surface area contributed by atoms with Gasteiger partial charge in [-0.05, 0) is 0 Å². The van der Waals surface area contributed by atoms with Gasteiger partial charge in [-0.25, -0.2) is 0 Å². The van der Waals surface area contributed by atoms with Crippen LogP contribution in [0, 0.1) is 15.5 Å². The maximum Gasteiger partial charge on any atom is 0.273 e. The van der Waals surface area contributed by atoms with E-state index in [4.69, 9.17) is 0 Å².